The fraction of sp³-hybridized carbons (Fsp3) is 0.385. The third-order valence-electron chi connectivity index (χ3n) is 6.18. The predicted molar refractivity (Wildman–Crippen MR) is 120 cm³/mol. The first-order chi connectivity index (χ1) is 16.1. The van der Waals surface area contributed by atoms with Crippen molar-refractivity contribution < 1.29 is 27.2 Å². The quantitative estimate of drug-likeness (QED) is 0.393. The second-order valence-corrected chi connectivity index (χ2v) is 8.74. The molecule has 0 saturated heterocycles. The van der Waals surface area contributed by atoms with Crippen LogP contribution in [0.2, 0.25) is 0 Å². The van der Waals surface area contributed by atoms with Crippen LogP contribution < -0.4 is 4.74 Å². The van der Waals surface area contributed by atoms with Crippen LogP contribution in [0.1, 0.15) is 59.5 Å². The third-order valence-corrected chi connectivity index (χ3v) is 6.18. The summed E-state index contributed by atoms with van der Waals surface area (Å²) in [5.74, 6) is 1.28. The Hall–Kier alpha value is -3.29. The van der Waals surface area contributed by atoms with E-state index in [0.717, 1.165) is 47.6 Å². The van der Waals surface area contributed by atoms with E-state index in [1.54, 1.807) is 30.0 Å². The van der Waals surface area contributed by atoms with E-state index in [0.29, 0.717) is 17.9 Å². The molecule has 1 atom stereocenters. The zero-order valence-corrected chi connectivity index (χ0v) is 19.4. The zero-order chi connectivity index (χ0) is 24.5. The number of ether oxygens (including phenoxy) is 1. The van der Waals surface area contributed by atoms with E-state index in [4.69, 9.17) is 9.26 Å². The number of carbonyl (C=O) groups excluding carboxylic acids is 1. The number of rotatable bonds is 8. The molecule has 4 rings (SSSR count). The summed E-state index contributed by atoms with van der Waals surface area (Å²) in [5.41, 5.74) is 2.29. The molecule has 3 aromatic rings. The van der Waals surface area contributed by atoms with Gasteiger partial charge in [0.15, 0.2) is 0 Å². The van der Waals surface area contributed by atoms with E-state index in [2.05, 4.69) is 5.16 Å². The molecule has 1 aliphatic carbocycles. The number of benzene rings is 2. The average Bonchev–Trinajstić information content (AvgIpc) is 3.58. The highest BCUT2D eigenvalue weighted by Crippen LogP contribution is 2.37. The van der Waals surface area contributed by atoms with E-state index >= 15 is 0 Å². The largest absolute Gasteiger partial charge is 0.489 e. The minimum absolute atomic E-state index is 0.0645. The number of hydrogen-bond acceptors (Lipinski definition) is 4. The van der Waals surface area contributed by atoms with E-state index in [-0.39, 0.29) is 18.4 Å². The Bertz CT molecular complexity index is 1130. The molecule has 0 N–H and O–H groups in total. The van der Waals surface area contributed by atoms with E-state index in [1.165, 1.54) is 6.07 Å². The molecular formula is C26H27F3N2O3. The molecule has 1 fully saturated rings. The normalized spacial score (nSPS) is 14.6. The van der Waals surface area contributed by atoms with Gasteiger partial charge in [-0.05, 0) is 69.0 Å². The monoisotopic (exact) mass is 472 g/mol. The molecule has 0 aliphatic heterocycles. The maximum Gasteiger partial charge on any atom is 0.416 e. The molecule has 1 aromatic heterocycles. The first kappa shape index (κ1) is 23.9. The molecule has 5 nitrogen and oxygen atoms in total. The van der Waals surface area contributed by atoms with Crippen LogP contribution in [-0.4, -0.2) is 22.0 Å². The minimum Gasteiger partial charge on any atom is -0.489 e. The molecule has 1 unspecified atom stereocenters. The van der Waals surface area contributed by atoms with Crippen LogP contribution in [0.15, 0.2) is 53.1 Å². The van der Waals surface area contributed by atoms with Crippen LogP contribution >= 0.6 is 0 Å². The molecule has 1 amide bonds. The van der Waals surface area contributed by atoms with Crippen molar-refractivity contribution in [2.24, 2.45) is 0 Å². The van der Waals surface area contributed by atoms with Crippen LogP contribution in [0.25, 0.3) is 0 Å². The summed E-state index contributed by atoms with van der Waals surface area (Å²) in [6.45, 7) is 5.82. The molecule has 1 heterocycles. The molecule has 0 radical (unpaired) electrons. The number of halogens is 3. The second-order valence-electron chi connectivity index (χ2n) is 8.74. The average molecular weight is 473 g/mol. The maximum atomic E-state index is 13.2. The van der Waals surface area contributed by atoms with Crippen molar-refractivity contribution in [3.8, 4) is 5.75 Å². The number of alkyl halides is 3. The van der Waals surface area contributed by atoms with Crippen molar-refractivity contribution in [3.05, 3.63) is 82.2 Å². The van der Waals surface area contributed by atoms with Gasteiger partial charge in [-0.25, -0.2) is 0 Å². The summed E-state index contributed by atoms with van der Waals surface area (Å²) in [6.07, 6.45) is -2.52. The van der Waals surface area contributed by atoms with Gasteiger partial charge in [-0.2, -0.15) is 13.2 Å². The number of hydrogen-bond donors (Lipinski definition) is 0. The first-order valence-electron chi connectivity index (χ1n) is 11.3. The van der Waals surface area contributed by atoms with Gasteiger partial charge in [0.05, 0.1) is 29.3 Å². The Kier molecular flexibility index (Phi) is 6.68. The van der Waals surface area contributed by atoms with Gasteiger partial charge in [0, 0.05) is 6.04 Å². The lowest BCUT2D eigenvalue weighted by atomic mass is 10.0. The van der Waals surface area contributed by atoms with Crippen LogP contribution in [0, 0.1) is 13.8 Å². The summed E-state index contributed by atoms with van der Waals surface area (Å²) < 4.78 is 50.4. The lowest BCUT2D eigenvalue weighted by molar-refractivity contribution is -0.137. The van der Waals surface area contributed by atoms with Gasteiger partial charge in [0.1, 0.15) is 18.1 Å². The highest BCUT2D eigenvalue weighted by Gasteiger charge is 2.37. The molecule has 2 aromatic carbocycles. The van der Waals surface area contributed by atoms with Gasteiger partial charge in [-0.1, -0.05) is 29.4 Å². The lowest BCUT2D eigenvalue weighted by Gasteiger charge is -2.30. The van der Waals surface area contributed by atoms with Crippen LogP contribution in [-0.2, 0) is 24.0 Å². The predicted octanol–water partition coefficient (Wildman–Crippen LogP) is 6.18. The highest BCUT2D eigenvalue weighted by molar-refractivity contribution is 5.80. The molecular weight excluding hydrogens is 445 g/mol. The van der Waals surface area contributed by atoms with Crippen LogP contribution in [0.3, 0.4) is 0 Å². The molecule has 34 heavy (non-hydrogen) atoms. The molecule has 1 saturated carbocycles. The summed E-state index contributed by atoms with van der Waals surface area (Å²) in [6, 6.07) is 12.1. The van der Waals surface area contributed by atoms with E-state index in [1.807, 2.05) is 26.0 Å². The Labute approximate surface area is 196 Å². The van der Waals surface area contributed by atoms with Gasteiger partial charge in [0.25, 0.3) is 0 Å². The number of amides is 1. The Morgan fingerprint density at radius 3 is 2.47 bits per heavy atom. The Balaban J connectivity index is 1.42. The van der Waals surface area contributed by atoms with Gasteiger partial charge in [-0.3, -0.25) is 4.79 Å². The van der Waals surface area contributed by atoms with Gasteiger partial charge in [-0.15, -0.1) is 0 Å². The van der Waals surface area contributed by atoms with Gasteiger partial charge >= 0.3 is 6.18 Å². The standard InChI is InChI=1S/C26H27F3N2O3/c1-16-24(18(3)34-30-16)15-33-23-11-7-19(8-12-23)13-25(32)31(22-9-10-22)17(2)20-5-4-6-21(14-20)26(27,28)29/h4-8,11-12,14,17,22H,9-10,13,15H2,1-3H3. The Morgan fingerprint density at radius 1 is 1.18 bits per heavy atom. The Morgan fingerprint density at radius 2 is 1.88 bits per heavy atom. The molecule has 0 spiro atoms. The summed E-state index contributed by atoms with van der Waals surface area (Å²) in [4.78, 5) is 14.9. The minimum atomic E-state index is -4.42. The van der Waals surface area contributed by atoms with Crippen molar-refractivity contribution in [2.45, 2.75) is 64.9 Å². The van der Waals surface area contributed by atoms with Gasteiger partial charge in [0.2, 0.25) is 5.91 Å². The molecule has 8 heteroatoms. The van der Waals surface area contributed by atoms with Crippen LogP contribution in [0.4, 0.5) is 13.2 Å². The van der Waals surface area contributed by atoms with Crippen LogP contribution in [0.5, 0.6) is 5.75 Å². The highest BCUT2D eigenvalue weighted by atomic mass is 19.4. The van der Waals surface area contributed by atoms with Crippen molar-refractivity contribution in [3.63, 3.8) is 0 Å². The molecule has 0 bridgehead atoms. The second kappa shape index (κ2) is 9.52. The SMILES string of the molecule is Cc1noc(C)c1COc1ccc(CC(=O)N(C2CC2)C(C)c2cccc(C(F)(F)F)c2)cc1. The first-order valence-corrected chi connectivity index (χ1v) is 11.3. The van der Waals surface area contributed by atoms with Gasteiger partial charge < -0.3 is 14.2 Å². The maximum absolute atomic E-state index is 13.2. The zero-order valence-electron chi connectivity index (χ0n) is 19.4. The summed E-state index contributed by atoms with van der Waals surface area (Å²) >= 11 is 0. The van der Waals surface area contributed by atoms with E-state index < -0.39 is 17.8 Å². The van der Waals surface area contributed by atoms with Crippen molar-refractivity contribution in [2.75, 3.05) is 0 Å². The third kappa shape index (κ3) is 5.43. The molecule has 1 aliphatic rings. The number of aryl methyl sites for hydroxylation is 2. The summed E-state index contributed by atoms with van der Waals surface area (Å²) in [7, 11) is 0. The van der Waals surface area contributed by atoms with Crippen molar-refractivity contribution in [1.82, 2.24) is 10.1 Å². The number of aromatic nitrogens is 1. The van der Waals surface area contributed by atoms with E-state index in [9.17, 15) is 18.0 Å². The fourth-order valence-electron chi connectivity index (χ4n) is 4.06. The summed E-state index contributed by atoms with van der Waals surface area (Å²) in [5, 5.41) is 3.91. The fourth-order valence-corrected chi connectivity index (χ4v) is 4.06. The number of carbonyl (C=O) groups is 1. The molecule has 180 valence electrons. The smallest absolute Gasteiger partial charge is 0.416 e. The number of nitrogens with zero attached hydrogens (tertiary/aromatic N) is 2. The van der Waals surface area contributed by atoms with Crippen molar-refractivity contribution in [1.29, 1.82) is 0 Å². The van der Waals surface area contributed by atoms with Crippen molar-refractivity contribution >= 4 is 5.91 Å². The lowest BCUT2D eigenvalue weighted by Crippen LogP contribution is -2.36. The topological polar surface area (TPSA) is 55.6 Å².